The minimum Gasteiger partial charge on any atom is -0.307 e. The Morgan fingerprint density at radius 3 is 2.24 bits per heavy atom. The van der Waals surface area contributed by atoms with Gasteiger partial charge in [-0.3, -0.25) is 9.59 Å². The van der Waals surface area contributed by atoms with Crippen LogP contribution in [0.3, 0.4) is 0 Å². The molecule has 2 N–H and O–H groups in total. The first-order chi connectivity index (χ1) is 8.16. The number of nitrogens with zero attached hydrogens (tertiary/aromatic N) is 1. The molecule has 0 aromatic heterocycles. The van der Waals surface area contributed by atoms with E-state index in [1.165, 1.54) is 0 Å². The summed E-state index contributed by atoms with van der Waals surface area (Å²) in [6.45, 7) is 0. The normalized spacial score (nSPS) is 14.9. The first kappa shape index (κ1) is 11.1. The monoisotopic (exact) mass is 233 g/mol. The number of rotatable bonds is 2. The third-order valence-corrected chi connectivity index (χ3v) is 2.30. The highest BCUT2D eigenvalue weighted by molar-refractivity contribution is 6.04. The molecular formula is C11H11N3O3. The third-order valence-electron chi connectivity index (χ3n) is 2.30. The topological polar surface area (TPSA) is 78.5 Å². The molecule has 0 saturated carbocycles. The molecule has 88 valence electrons. The number of carbonyl (C=O) groups is 3. The Labute approximate surface area is 97.6 Å². The van der Waals surface area contributed by atoms with Crippen molar-refractivity contribution >= 4 is 23.5 Å². The van der Waals surface area contributed by atoms with Gasteiger partial charge in [-0.05, 0) is 12.1 Å². The summed E-state index contributed by atoms with van der Waals surface area (Å²) in [5.74, 6) is -0.781. The molecule has 1 aliphatic rings. The van der Waals surface area contributed by atoms with Crippen molar-refractivity contribution in [1.82, 2.24) is 10.4 Å². The number of hydrogen-bond donors (Lipinski definition) is 2. The van der Waals surface area contributed by atoms with Gasteiger partial charge in [0.05, 0.1) is 0 Å². The molecule has 6 heteroatoms. The zero-order valence-corrected chi connectivity index (χ0v) is 8.97. The van der Waals surface area contributed by atoms with Gasteiger partial charge in [-0.25, -0.2) is 10.2 Å². The number of hydrazine groups is 1. The molecule has 0 unspecified atom stereocenters. The van der Waals surface area contributed by atoms with Crippen molar-refractivity contribution < 1.29 is 14.4 Å². The Morgan fingerprint density at radius 2 is 1.65 bits per heavy atom. The van der Waals surface area contributed by atoms with E-state index in [0.717, 1.165) is 5.01 Å². The van der Waals surface area contributed by atoms with Crippen molar-refractivity contribution in [3.63, 3.8) is 0 Å². The van der Waals surface area contributed by atoms with E-state index in [1.54, 1.807) is 24.3 Å². The van der Waals surface area contributed by atoms with Crippen LogP contribution in [-0.2, 0) is 9.59 Å². The van der Waals surface area contributed by atoms with E-state index in [9.17, 15) is 14.4 Å². The van der Waals surface area contributed by atoms with Crippen molar-refractivity contribution in [2.24, 2.45) is 0 Å². The van der Waals surface area contributed by atoms with Gasteiger partial charge < -0.3 is 5.32 Å². The van der Waals surface area contributed by atoms with Crippen LogP contribution < -0.4 is 10.7 Å². The number of benzene rings is 1. The summed E-state index contributed by atoms with van der Waals surface area (Å²) >= 11 is 0. The van der Waals surface area contributed by atoms with Crippen LogP contribution in [0.1, 0.15) is 12.8 Å². The highest BCUT2D eigenvalue weighted by atomic mass is 16.2. The Kier molecular flexibility index (Phi) is 3.04. The fourth-order valence-electron chi connectivity index (χ4n) is 1.48. The van der Waals surface area contributed by atoms with E-state index in [0.29, 0.717) is 5.69 Å². The zero-order valence-electron chi connectivity index (χ0n) is 8.97. The first-order valence-electron chi connectivity index (χ1n) is 5.15. The predicted molar refractivity (Wildman–Crippen MR) is 59.7 cm³/mol. The standard InChI is InChI=1S/C11H11N3O3/c15-9-6-7-10(16)14(9)13-11(17)12-8-4-2-1-3-5-8/h1-5H,6-7H2,(H2,12,13,17). The number of amides is 4. The lowest BCUT2D eigenvalue weighted by atomic mass is 10.3. The minimum atomic E-state index is -0.611. The van der Waals surface area contributed by atoms with Gasteiger partial charge in [0, 0.05) is 18.5 Å². The Hall–Kier alpha value is -2.37. The van der Waals surface area contributed by atoms with E-state index in [1.807, 2.05) is 6.07 Å². The van der Waals surface area contributed by atoms with Crippen LogP contribution in [0.5, 0.6) is 0 Å². The number of nitrogens with one attached hydrogen (secondary N) is 2. The molecule has 4 amide bonds. The summed E-state index contributed by atoms with van der Waals surface area (Å²) in [7, 11) is 0. The fourth-order valence-corrected chi connectivity index (χ4v) is 1.48. The minimum absolute atomic E-state index is 0.143. The van der Waals surface area contributed by atoms with Crippen molar-refractivity contribution in [2.75, 3.05) is 5.32 Å². The SMILES string of the molecule is O=C(Nc1ccccc1)NN1C(=O)CCC1=O. The highest BCUT2D eigenvalue weighted by Crippen LogP contribution is 2.09. The molecule has 0 spiro atoms. The number of hydrogen-bond acceptors (Lipinski definition) is 3. The van der Waals surface area contributed by atoms with Gasteiger partial charge in [-0.15, -0.1) is 0 Å². The van der Waals surface area contributed by atoms with E-state index in [-0.39, 0.29) is 12.8 Å². The third kappa shape index (κ3) is 2.60. The lowest BCUT2D eigenvalue weighted by molar-refractivity contribution is -0.140. The van der Waals surface area contributed by atoms with Crippen LogP contribution in [0.25, 0.3) is 0 Å². The first-order valence-corrected chi connectivity index (χ1v) is 5.15. The molecule has 0 radical (unpaired) electrons. The Balaban J connectivity index is 1.94. The maximum Gasteiger partial charge on any atom is 0.338 e. The quantitative estimate of drug-likeness (QED) is 0.744. The van der Waals surface area contributed by atoms with Gasteiger partial charge in [0.25, 0.3) is 0 Å². The van der Waals surface area contributed by atoms with E-state index in [2.05, 4.69) is 10.7 Å². The number of anilines is 1. The summed E-state index contributed by atoms with van der Waals surface area (Å²) in [6, 6.07) is 8.14. The van der Waals surface area contributed by atoms with E-state index < -0.39 is 17.8 Å². The number of para-hydroxylation sites is 1. The predicted octanol–water partition coefficient (Wildman–Crippen LogP) is 0.872. The molecule has 0 bridgehead atoms. The summed E-state index contributed by atoms with van der Waals surface area (Å²) < 4.78 is 0. The lowest BCUT2D eigenvalue weighted by Crippen LogP contribution is -2.47. The Morgan fingerprint density at radius 1 is 1.06 bits per heavy atom. The van der Waals surface area contributed by atoms with Crippen molar-refractivity contribution in [3.8, 4) is 0 Å². The molecule has 1 aliphatic heterocycles. The zero-order chi connectivity index (χ0) is 12.3. The fraction of sp³-hybridized carbons (Fsp3) is 0.182. The Bertz CT molecular complexity index is 442. The summed E-state index contributed by atoms with van der Waals surface area (Å²) in [5.41, 5.74) is 2.80. The average molecular weight is 233 g/mol. The molecule has 1 saturated heterocycles. The van der Waals surface area contributed by atoms with Gasteiger partial charge in [0.1, 0.15) is 0 Å². The molecule has 1 heterocycles. The van der Waals surface area contributed by atoms with Crippen molar-refractivity contribution in [2.45, 2.75) is 12.8 Å². The second-order valence-corrected chi connectivity index (χ2v) is 3.55. The summed E-state index contributed by atoms with van der Waals surface area (Å²) in [6.07, 6.45) is 0.287. The van der Waals surface area contributed by atoms with Crippen molar-refractivity contribution in [3.05, 3.63) is 30.3 Å². The largest absolute Gasteiger partial charge is 0.338 e. The molecule has 1 fully saturated rings. The van der Waals surface area contributed by atoms with Crippen LogP contribution in [0, 0.1) is 0 Å². The van der Waals surface area contributed by atoms with Crippen molar-refractivity contribution in [1.29, 1.82) is 0 Å². The van der Waals surface area contributed by atoms with Gasteiger partial charge in [-0.2, -0.15) is 5.01 Å². The smallest absolute Gasteiger partial charge is 0.307 e. The number of imide groups is 1. The number of carbonyl (C=O) groups excluding carboxylic acids is 3. The van der Waals surface area contributed by atoms with Gasteiger partial charge in [0.15, 0.2) is 0 Å². The average Bonchev–Trinajstić information content (AvgIpc) is 2.62. The van der Waals surface area contributed by atoms with Gasteiger partial charge in [-0.1, -0.05) is 18.2 Å². The maximum atomic E-state index is 11.5. The molecule has 1 aromatic carbocycles. The molecule has 0 aliphatic carbocycles. The maximum absolute atomic E-state index is 11.5. The van der Waals surface area contributed by atoms with Crippen LogP contribution in [0.2, 0.25) is 0 Å². The molecular weight excluding hydrogens is 222 g/mol. The molecule has 0 atom stereocenters. The lowest BCUT2D eigenvalue weighted by Gasteiger charge is -2.15. The second-order valence-electron chi connectivity index (χ2n) is 3.55. The van der Waals surface area contributed by atoms with E-state index in [4.69, 9.17) is 0 Å². The van der Waals surface area contributed by atoms with E-state index >= 15 is 0 Å². The van der Waals surface area contributed by atoms with Gasteiger partial charge >= 0.3 is 6.03 Å². The summed E-state index contributed by atoms with van der Waals surface area (Å²) in [4.78, 5) is 34.0. The molecule has 2 rings (SSSR count). The van der Waals surface area contributed by atoms with Crippen LogP contribution in [-0.4, -0.2) is 22.9 Å². The molecule has 6 nitrogen and oxygen atoms in total. The highest BCUT2D eigenvalue weighted by Gasteiger charge is 2.30. The van der Waals surface area contributed by atoms with Crippen LogP contribution in [0.15, 0.2) is 30.3 Å². The molecule has 17 heavy (non-hydrogen) atoms. The number of urea groups is 1. The summed E-state index contributed by atoms with van der Waals surface area (Å²) in [5, 5.41) is 3.26. The molecule has 1 aromatic rings. The second kappa shape index (κ2) is 4.65. The van der Waals surface area contributed by atoms with Crippen LogP contribution >= 0.6 is 0 Å². The van der Waals surface area contributed by atoms with Gasteiger partial charge in [0.2, 0.25) is 11.8 Å². The van der Waals surface area contributed by atoms with Crippen LogP contribution in [0.4, 0.5) is 10.5 Å².